The Morgan fingerprint density at radius 2 is 0.933 bits per heavy atom. The van der Waals surface area contributed by atoms with Crippen molar-refractivity contribution < 1.29 is 0 Å². The summed E-state index contributed by atoms with van der Waals surface area (Å²) in [4.78, 5) is 15.2. The van der Waals surface area contributed by atoms with Crippen LogP contribution in [-0.4, -0.2) is 19.5 Å². The van der Waals surface area contributed by atoms with Crippen LogP contribution < -0.4 is 0 Å². The monoisotopic (exact) mass is 578 g/mol. The first kappa shape index (κ1) is 26.7. The summed E-state index contributed by atoms with van der Waals surface area (Å²) >= 11 is 0. The number of aromatic nitrogens is 4. The van der Waals surface area contributed by atoms with Crippen molar-refractivity contribution in [3.63, 3.8) is 0 Å². The van der Waals surface area contributed by atoms with E-state index >= 15 is 0 Å². The van der Waals surface area contributed by atoms with E-state index in [4.69, 9.17) is 15.0 Å². The van der Waals surface area contributed by atoms with E-state index in [9.17, 15) is 0 Å². The van der Waals surface area contributed by atoms with Crippen LogP contribution in [0, 0.1) is 13.8 Å². The zero-order chi connectivity index (χ0) is 30.3. The van der Waals surface area contributed by atoms with Crippen LogP contribution in [0.5, 0.6) is 0 Å². The Bertz CT molecular complexity index is 2320. The largest absolute Gasteiger partial charge is 0.309 e. The SMILES string of the molecule is Cc1cc(C)cc(-c2nc(-c3cccc(-c4ccccc4)c3)nc(-c3ccc4c(c3)c3ccccc3n4-c3ccccc3)n2)c1. The topological polar surface area (TPSA) is 43.6 Å². The van der Waals surface area contributed by atoms with Gasteiger partial charge in [-0.25, -0.2) is 15.0 Å². The van der Waals surface area contributed by atoms with Crippen molar-refractivity contribution in [2.24, 2.45) is 0 Å². The summed E-state index contributed by atoms with van der Waals surface area (Å²) in [5, 5.41) is 2.35. The summed E-state index contributed by atoms with van der Waals surface area (Å²) in [6, 6.07) is 50.9. The molecule has 0 saturated carbocycles. The molecule has 0 unspecified atom stereocenters. The molecule has 45 heavy (non-hydrogen) atoms. The third-order valence-corrected chi connectivity index (χ3v) is 8.29. The number of hydrogen-bond donors (Lipinski definition) is 0. The zero-order valence-electron chi connectivity index (χ0n) is 25.1. The molecular formula is C41H30N4. The standard InChI is InChI=1S/C41H30N4/c1-27-22-28(2)24-33(23-27)41-43-39(31-15-11-14-30(25-31)29-12-5-3-6-13-29)42-40(44-41)32-20-21-38-36(26-32)35-18-9-10-19-37(35)45(38)34-16-7-4-8-17-34/h3-26H,1-2H3. The molecule has 0 spiro atoms. The van der Waals surface area contributed by atoms with Gasteiger partial charge in [0.25, 0.3) is 0 Å². The van der Waals surface area contributed by atoms with Crippen molar-refractivity contribution in [3.8, 4) is 51.0 Å². The van der Waals surface area contributed by atoms with Crippen LogP contribution in [0.4, 0.5) is 0 Å². The van der Waals surface area contributed by atoms with Gasteiger partial charge in [-0.1, -0.05) is 102 Å². The van der Waals surface area contributed by atoms with Gasteiger partial charge in [0, 0.05) is 33.2 Å². The zero-order valence-corrected chi connectivity index (χ0v) is 25.1. The Balaban J connectivity index is 1.34. The lowest BCUT2D eigenvalue weighted by Gasteiger charge is -2.11. The maximum Gasteiger partial charge on any atom is 0.164 e. The molecule has 8 rings (SSSR count). The van der Waals surface area contributed by atoms with E-state index in [-0.39, 0.29) is 0 Å². The number of para-hydroxylation sites is 2. The smallest absolute Gasteiger partial charge is 0.164 e. The number of fused-ring (bicyclic) bond motifs is 3. The molecule has 2 heterocycles. The van der Waals surface area contributed by atoms with Gasteiger partial charge in [0.05, 0.1) is 11.0 Å². The van der Waals surface area contributed by atoms with E-state index in [0.29, 0.717) is 17.5 Å². The molecule has 0 fully saturated rings. The maximum absolute atomic E-state index is 5.10. The Hall–Kier alpha value is -5.87. The molecule has 0 atom stereocenters. The van der Waals surface area contributed by atoms with Crippen molar-refractivity contribution in [2.75, 3.05) is 0 Å². The van der Waals surface area contributed by atoms with Gasteiger partial charge >= 0.3 is 0 Å². The van der Waals surface area contributed by atoms with Gasteiger partial charge in [-0.2, -0.15) is 0 Å². The van der Waals surface area contributed by atoms with E-state index in [0.717, 1.165) is 44.4 Å². The summed E-state index contributed by atoms with van der Waals surface area (Å²) < 4.78 is 2.32. The molecule has 4 heteroatoms. The number of benzene rings is 6. The van der Waals surface area contributed by atoms with Crippen LogP contribution >= 0.6 is 0 Å². The molecule has 0 aliphatic carbocycles. The molecule has 8 aromatic rings. The van der Waals surface area contributed by atoms with Crippen LogP contribution in [0.15, 0.2) is 146 Å². The Morgan fingerprint density at radius 1 is 0.378 bits per heavy atom. The van der Waals surface area contributed by atoms with E-state index in [1.54, 1.807) is 0 Å². The molecule has 0 radical (unpaired) electrons. The highest BCUT2D eigenvalue weighted by molar-refractivity contribution is 6.10. The van der Waals surface area contributed by atoms with E-state index in [1.165, 1.54) is 22.0 Å². The second-order valence-corrected chi connectivity index (χ2v) is 11.5. The van der Waals surface area contributed by atoms with E-state index in [2.05, 4.69) is 158 Å². The van der Waals surface area contributed by atoms with Gasteiger partial charge in [-0.05, 0) is 79.6 Å². The fourth-order valence-corrected chi connectivity index (χ4v) is 6.30. The van der Waals surface area contributed by atoms with Crippen LogP contribution in [0.25, 0.3) is 72.8 Å². The lowest BCUT2D eigenvalue weighted by Crippen LogP contribution is -2.01. The quantitative estimate of drug-likeness (QED) is 0.204. The molecule has 0 aliphatic heterocycles. The highest BCUT2D eigenvalue weighted by atomic mass is 15.0. The third kappa shape index (κ3) is 4.96. The van der Waals surface area contributed by atoms with Crippen LogP contribution in [0.1, 0.15) is 11.1 Å². The molecule has 4 nitrogen and oxygen atoms in total. The fraction of sp³-hybridized carbons (Fsp3) is 0.0488. The lowest BCUT2D eigenvalue weighted by molar-refractivity contribution is 1.07. The molecule has 0 bridgehead atoms. The van der Waals surface area contributed by atoms with Gasteiger partial charge in [-0.15, -0.1) is 0 Å². The first-order valence-electron chi connectivity index (χ1n) is 15.2. The van der Waals surface area contributed by atoms with Gasteiger partial charge in [0.1, 0.15) is 0 Å². The minimum Gasteiger partial charge on any atom is -0.309 e. The number of aryl methyl sites for hydroxylation is 2. The highest BCUT2D eigenvalue weighted by Crippen LogP contribution is 2.35. The lowest BCUT2D eigenvalue weighted by atomic mass is 10.0. The predicted molar refractivity (Wildman–Crippen MR) is 185 cm³/mol. The van der Waals surface area contributed by atoms with Crippen molar-refractivity contribution in [3.05, 3.63) is 157 Å². The summed E-state index contributed by atoms with van der Waals surface area (Å²) in [7, 11) is 0. The molecular weight excluding hydrogens is 548 g/mol. The summed E-state index contributed by atoms with van der Waals surface area (Å²) in [5.41, 5.74) is 11.0. The average molecular weight is 579 g/mol. The Labute approximate surface area is 262 Å². The maximum atomic E-state index is 5.10. The van der Waals surface area contributed by atoms with Crippen molar-refractivity contribution in [2.45, 2.75) is 13.8 Å². The van der Waals surface area contributed by atoms with Gasteiger partial charge in [-0.3, -0.25) is 0 Å². The van der Waals surface area contributed by atoms with Crippen molar-refractivity contribution in [1.82, 2.24) is 19.5 Å². The molecule has 2 aromatic heterocycles. The second-order valence-electron chi connectivity index (χ2n) is 11.5. The second kappa shape index (κ2) is 11.0. The van der Waals surface area contributed by atoms with Crippen LogP contribution in [-0.2, 0) is 0 Å². The van der Waals surface area contributed by atoms with Crippen LogP contribution in [0.3, 0.4) is 0 Å². The number of hydrogen-bond acceptors (Lipinski definition) is 3. The number of rotatable bonds is 5. The van der Waals surface area contributed by atoms with Crippen LogP contribution in [0.2, 0.25) is 0 Å². The van der Waals surface area contributed by atoms with Gasteiger partial charge in [0.2, 0.25) is 0 Å². The normalized spacial score (nSPS) is 11.3. The van der Waals surface area contributed by atoms with Gasteiger partial charge in [0.15, 0.2) is 17.5 Å². The molecule has 6 aromatic carbocycles. The molecule has 0 aliphatic rings. The molecule has 0 amide bonds. The molecule has 214 valence electrons. The third-order valence-electron chi connectivity index (χ3n) is 8.29. The first-order valence-corrected chi connectivity index (χ1v) is 15.2. The summed E-state index contributed by atoms with van der Waals surface area (Å²) in [6.45, 7) is 4.22. The number of nitrogens with zero attached hydrogens (tertiary/aromatic N) is 4. The minimum absolute atomic E-state index is 0.651. The fourth-order valence-electron chi connectivity index (χ4n) is 6.30. The molecule has 0 saturated heterocycles. The highest BCUT2D eigenvalue weighted by Gasteiger charge is 2.17. The van der Waals surface area contributed by atoms with E-state index < -0.39 is 0 Å². The first-order chi connectivity index (χ1) is 22.1. The van der Waals surface area contributed by atoms with E-state index in [1.807, 2.05) is 6.07 Å². The van der Waals surface area contributed by atoms with Gasteiger partial charge < -0.3 is 4.57 Å². The predicted octanol–water partition coefficient (Wildman–Crippen LogP) is 10.3. The summed E-state index contributed by atoms with van der Waals surface area (Å²) in [6.07, 6.45) is 0. The Morgan fingerprint density at radius 3 is 1.67 bits per heavy atom. The summed E-state index contributed by atoms with van der Waals surface area (Å²) in [5.74, 6) is 1.97. The molecule has 0 N–H and O–H groups in total. The minimum atomic E-state index is 0.651. The van der Waals surface area contributed by atoms with Crippen molar-refractivity contribution >= 4 is 21.8 Å². The Kier molecular flexibility index (Phi) is 6.54. The average Bonchev–Trinajstić information content (AvgIpc) is 3.42. The van der Waals surface area contributed by atoms with Crippen molar-refractivity contribution in [1.29, 1.82) is 0 Å².